The van der Waals surface area contributed by atoms with Gasteiger partial charge in [-0.1, -0.05) is 19.8 Å². The highest BCUT2D eigenvalue weighted by molar-refractivity contribution is 5.97. The number of aliphatic carboxylic acids is 1. The zero-order valence-electron chi connectivity index (χ0n) is 14.9. The van der Waals surface area contributed by atoms with Gasteiger partial charge in [0.2, 0.25) is 5.88 Å². The van der Waals surface area contributed by atoms with Crippen LogP contribution in [0, 0.1) is 5.92 Å². The van der Waals surface area contributed by atoms with Crippen molar-refractivity contribution in [3.8, 4) is 5.88 Å². The molecule has 136 valence electrons. The Morgan fingerprint density at radius 3 is 2.88 bits per heavy atom. The topological polar surface area (TPSA) is 79.7 Å². The van der Waals surface area contributed by atoms with E-state index in [1.807, 2.05) is 13.8 Å². The van der Waals surface area contributed by atoms with Crippen LogP contribution in [0.25, 0.3) is 0 Å². The minimum absolute atomic E-state index is 0.0131. The summed E-state index contributed by atoms with van der Waals surface area (Å²) in [6, 6.07) is 2.58. The van der Waals surface area contributed by atoms with E-state index in [0.29, 0.717) is 23.8 Å². The molecule has 2 aliphatic rings. The molecule has 4 unspecified atom stereocenters. The maximum atomic E-state index is 13.1. The number of carbonyl (C=O) groups excluding carboxylic acids is 1. The zero-order chi connectivity index (χ0) is 18.0. The zero-order valence-corrected chi connectivity index (χ0v) is 14.9. The van der Waals surface area contributed by atoms with Crippen LogP contribution in [0.1, 0.15) is 62.7 Å². The number of pyridine rings is 1. The van der Waals surface area contributed by atoms with Gasteiger partial charge in [0.1, 0.15) is 6.04 Å². The third-order valence-corrected chi connectivity index (χ3v) is 5.49. The molecule has 0 aromatic carbocycles. The first-order valence-electron chi connectivity index (χ1n) is 9.19. The molecule has 0 bridgehead atoms. The number of amides is 1. The van der Waals surface area contributed by atoms with Crippen LogP contribution in [0.3, 0.4) is 0 Å². The van der Waals surface area contributed by atoms with Crippen molar-refractivity contribution in [1.82, 2.24) is 9.88 Å². The van der Waals surface area contributed by atoms with E-state index >= 15 is 0 Å². The predicted molar refractivity (Wildman–Crippen MR) is 92.6 cm³/mol. The van der Waals surface area contributed by atoms with E-state index in [1.165, 1.54) is 0 Å². The van der Waals surface area contributed by atoms with Gasteiger partial charge in [-0.2, -0.15) is 0 Å². The Morgan fingerprint density at radius 1 is 1.40 bits per heavy atom. The molecule has 1 N–H and O–H groups in total. The van der Waals surface area contributed by atoms with E-state index in [0.717, 1.165) is 32.1 Å². The van der Waals surface area contributed by atoms with Crippen molar-refractivity contribution >= 4 is 11.9 Å². The van der Waals surface area contributed by atoms with Crippen LogP contribution in [-0.2, 0) is 4.79 Å². The Labute approximate surface area is 148 Å². The first kappa shape index (κ1) is 17.7. The molecule has 1 aliphatic heterocycles. The van der Waals surface area contributed by atoms with E-state index in [-0.39, 0.29) is 18.1 Å². The van der Waals surface area contributed by atoms with Crippen LogP contribution in [0.5, 0.6) is 5.88 Å². The van der Waals surface area contributed by atoms with Gasteiger partial charge < -0.3 is 14.7 Å². The Bertz CT molecular complexity index is 648. The smallest absolute Gasteiger partial charge is 0.326 e. The standard InChI is InChI=1S/C19H26N2O4/c1-3-12(2)25-17-11-14(8-9-20-17)18(22)21-15-7-5-4-6-13(15)10-16(21)19(23)24/h8-9,11-13,15-16H,3-7,10H2,1-2H3,(H,23,24). The molecule has 1 aliphatic carbocycles. The highest BCUT2D eigenvalue weighted by Crippen LogP contribution is 2.40. The number of likely N-dealkylation sites (tertiary alicyclic amines) is 1. The van der Waals surface area contributed by atoms with Gasteiger partial charge in [-0.3, -0.25) is 4.79 Å². The molecule has 1 amide bonds. The molecule has 2 heterocycles. The first-order chi connectivity index (χ1) is 12.0. The Kier molecular flexibility index (Phi) is 5.25. The highest BCUT2D eigenvalue weighted by atomic mass is 16.5. The molecular weight excluding hydrogens is 320 g/mol. The fourth-order valence-corrected chi connectivity index (χ4v) is 4.02. The molecular formula is C19H26N2O4. The van der Waals surface area contributed by atoms with Crippen LogP contribution in [0.15, 0.2) is 18.3 Å². The van der Waals surface area contributed by atoms with Gasteiger partial charge >= 0.3 is 5.97 Å². The Balaban J connectivity index is 1.85. The molecule has 1 aromatic heterocycles. The molecule has 2 fully saturated rings. The summed E-state index contributed by atoms with van der Waals surface area (Å²) in [6.45, 7) is 3.97. The maximum absolute atomic E-state index is 13.1. The fraction of sp³-hybridized carbons (Fsp3) is 0.632. The largest absolute Gasteiger partial charge is 0.480 e. The number of carboxylic acids is 1. The van der Waals surface area contributed by atoms with Gasteiger partial charge in [0.05, 0.1) is 6.10 Å². The Hall–Kier alpha value is -2.11. The molecule has 1 aromatic rings. The summed E-state index contributed by atoms with van der Waals surface area (Å²) in [7, 11) is 0. The number of nitrogens with zero attached hydrogens (tertiary/aromatic N) is 2. The molecule has 3 rings (SSSR count). The second-order valence-electron chi connectivity index (χ2n) is 7.13. The number of carbonyl (C=O) groups is 2. The van der Waals surface area contributed by atoms with Gasteiger partial charge in [-0.25, -0.2) is 9.78 Å². The summed E-state index contributed by atoms with van der Waals surface area (Å²) in [6.07, 6.45) is 7.05. The van der Waals surface area contributed by atoms with Gasteiger partial charge in [0, 0.05) is 23.9 Å². The highest BCUT2D eigenvalue weighted by Gasteiger charge is 2.47. The molecule has 1 saturated heterocycles. The number of fused-ring (bicyclic) bond motifs is 1. The first-order valence-corrected chi connectivity index (χ1v) is 9.19. The minimum atomic E-state index is -0.909. The van der Waals surface area contributed by atoms with Crippen molar-refractivity contribution in [3.63, 3.8) is 0 Å². The van der Waals surface area contributed by atoms with E-state index in [2.05, 4.69) is 4.98 Å². The molecule has 4 atom stereocenters. The second-order valence-corrected chi connectivity index (χ2v) is 7.13. The summed E-state index contributed by atoms with van der Waals surface area (Å²) < 4.78 is 5.70. The number of hydrogen-bond acceptors (Lipinski definition) is 4. The van der Waals surface area contributed by atoms with Crippen LogP contribution in [0.2, 0.25) is 0 Å². The Morgan fingerprint density at radius 2 is 2.16 bits per heavy atom. The van der Waals surface area contributed by atoms with E-state index < -0.39 is 12.0 Å². The van der Waals surface area contributed by atoms with Crippen molar-refractivity contribution in [1.29, 1.82) is 0 Å². The lowest BCUT2D eigenvalue weighted by molar-refractivity contribution is -0.141. The minimum Gasteiger partial charge on any atom is -0.480 e. The molecule has 25 heavy (non-hydrogen) atoms. The quantitative estimate of drug-likeness (QED) is 0.886. The summed E-state index contributed by atoms with van der Waals surface area (Å²) in [5.41, 5.74) is 0.450. The van der Waals surface area contributed by atoms with Crippen molar-refractivity contribution in [2.45, 2.75) is 70.6 Å². The molecule has 1 saturated carbocycles. The van der Waals surface area contributed by atoms with Crippen molar-refractivity contribution in [3.05, 3.63) is 23.9 Å². The number of rotatable bonds is 5. The third-order valence-electron chi connectivity index (χ3n) is 5.49. The lowest BCUT2D eigenvalue weighted by atomic mass is 9.84. The van der Waals surface area contributed by atoms with Gasteiger partial charge in [-0.05, 0) is 44.6 Å². The summed E-state index contributed by atoms with van der Waals surface area (Å²) in [4.78, 5) is 30.6. The van der Waals surface area contributed by atoms with E-state index in [9.17, 15) is 14.7 Å². The van der Waals surface area contributed by atoms with Gasteiger partial charge in [-0.15, -0.1) is 0 Å². The molecule has 0 spiro atoms. The lowest BCUT2D eigenvalue weighted by Crippen LogP contribution is -2.46. The number of hydrogen-bond donors (Lipinski definition) is 1. The predicted octanol–water partition coefficient (Wildman–Crippen LogP) is 3.12. The van der Waals surface area contributed by atoms with Gasteiger partial charge in [0.15, 0.2) is 0 Å². The summed E-state index contributed by atoms with van der Waals surface area (Å²) in [5, 5.41) is 9.60. The van der Waals surface area contributed by atoms with Gasteiger partial charge in [0.25, 0.3) is 5.91 Å². The molecule has 6 nitrogen and oxygen atoms in total. The number of ether oxygens (including phenoxy) is 1. The summed E-state index contributed by atoms with van der Waals surface area (Å²) >= 11 is 0. The molecule has 0 radical (unpaired) electrons. The monoisotopic (exact) mass is 346 g/mol. The summed E-state index contributed by atoms with van der Waals surface area (Å²) in [5.74, 6) is -0.422. The maximum Gasteiger partial charge on any atom is 0.326 e. The van der Waals surface area contributed by atoms with Crippen LogP contribution < -0.4 is 4.74 Å². The van der Waals surface area contributed by atoms with Crippen LogP contribution >= 0.6 is 0 Å². The van der Waals surface area contributed by atoms with Crippen LogP contribution in [0.4, 0.5) is 0 Å². The second kappa shape index (κ2) is 7.42. The lowest BCUT2D eigenvalue weighted by Gasteiger charge is -2.33. The van der Waals surface area contributed by atoms with Crippen LogP contribution in [-0.4, -0.2) is 45.1 Å². The van der Waals surface area contributed by atoms with Crippen molar-refractivity contribution in [2.24, 2.45) is 5.92 Å². The number of aromatic nitrogens is 1. The average molecular weight is 346 g/mol. The van der Waals surface area contributed by atoms with Crippen molar-refractivity contribution in [2.75, 3.05) is 0 Å². The van der Waals surface area contributed by atoms with E-state index in [4.69, 9.17) is 4.74 Å². The van der Waals surface area contributed by atoms with Crippen molar-refractivity contribution < 1.29 is 19.4 Å². The number of carboxylic acid groups (broad SMARTS) is 1. The SMILES string of the molecule is CCC(C)Oc1cc(C(=O)N2C(C(=O)O)CC3CCCCC32)ccn1. The fourth-order valence-electron chi connectivity index (χ4n) is 4.02. The average Bonchev–Trinajstić information content (AvgIpc) is 3.01. The van der Waals surface area contributed by atoms with E-state index in [1.54, 1.807) is 23.2 Å². The third kappa shape index (κ3) is 3.62. The molecule has 6 heteroatoms. The normalized spacial score (nSPS) is 26.8.